The molecule has 0 aromatic rings. The summed E-state index contributed by atoms with van der Waals surface area (Å²) in [6.07, 6.45) is 1.94. The monoisotopic (exact) mass is 215 g/mol. The minimum atomic E-state index is -0.282. The van der Waals surface area contributed by atoms with E-state index in [4.69, 9.17) is 14.6 Å². The fourth-order valence-corrected chi connectivity index (χ4v) is 2.01. The maximum absolute atomic E-state index is 11.4. The Balaban J connectivity index is 1.85. The highest BCUT2D eigenvalue weighted by Gasteiger charge is 2.29. The molecule has 0 radical (unpaired) electrons. The number of carbonyl (C=O) groups is 1. The largest absolute Gasteiger partial charge is 0.449 e. The molecule has 2 heterocycles. The van der Waals surface area contributed by atoms with Crippen molar-refractivity contribution < 1.29 is 19.4 Å². The summed E-state index contributed by atoms with van der Waals surface area (Å²) in [6.45, 7) is 2.36. The van der Waals surface area contributed by atoms with Crippen LogP contribution in [0, 0.1) is 5.92 Å². The summed E-state index contributed by atoms with van der Waals surface area (Å²) in [5.41, 5.74) is 0. The molecule has 0 spiro atoms. The number of amides is 1. The third-order valence-electron chi connectivity index (χ3n) is 2.89. The highest BCUT2D eigenvalue weighted by Crippen LogP contribution is 2.17. The summed E-state index contributed by atoms with van der Waals surface area (Å²) in [7, 11) is 0. The van der Waals surface area contributed by atoms with Crippen LogP contribution in [-0.4, -0.2) is 55.1 Å². The molecule has 0 bridgehead atoms. The molecular weight excluding hydrogens is 198 g/mol. The molecule has 1 amide bonds. The van der Waals surface area contributed by atoms with Crippen molar-refractivity contribution in [3.05, 3.63) is 0 Å². The maximum Gasteiger partial charge on any atom is 0.409 e. The van der Waals surface area contributed by atoms with E-state index in [-0.39, 0.29) is 24.7 Å². The summed E-state index contributed by atoms with van der Waals surface area (Å²) in [4.78, 5) is 13.0. The first-order valence-electron chi connectivity index (χ1n) is 5.43. The van der Waals surface area contributed by atoms with Crippen LogP contribution in [0.25, 0.3) is 0 Å². The van der Waals surface area contributed by atoms with E-state index in [1.165, 1.54) is 0 Å². The van der Waals surface area contributed by atoms with Crippen LogP contribution in [0.2, 0.25) is 0 Å². The lowest BCUT2D eigenvalue weighted by molar-refractivity contribution is 0.00336. The van der Waals surface area contributed by atoms with E-state index in [0.29, 0.717) is 19.7 Å². The Hall–Kier alpha value is -0.810. The second kappa shape index (κ2) is 4.81. The van der Waals surface area contributed by atoms with Crippen LogP contribution < -0.4 is 0 Å². The van der Waals surface area contributed by atoms with Gasteiger partial charge >= 0.3 is 6.09 Å². The van der Waals surface area contributed by atoms with Crippen molar-refractivity contribution in [2.75, 3.05) is 32.9 Å². The van der Waals surface area contributed by atoms with Gasteiger partial charge in [0.25, 0.3) is 0 Å². The van der Waals surface area contributed by atoms with Crippen LogP contribution in [0.1, 0.15) is 12.8 Å². The van der Waals surface area contributed by atoms with Gasteiger partial charge in [-0.2, -0.15) is 0 Å². The maximum atomic E-state index is 11.4. The van der Waals surface area contributed by atoms with Gasteiger partial charge in [-0.1, -0.05) is 0 Å². The lowest BCUT2D eigenvalue weighted by atomic mass is 10.1. The third-order valence-corrected chi connectivity index (χ3v) is 2.89. The Morgan fingerprint density at radius 3 is 3.07 bits per heavy atom. The van der Waals surface area contributed by atoms with E-state index in [1.807, 2.05) is 0 Å². The minimum Gasteiger partial charge on any atom is -0.449 e. The molecule has 2 unspecified atom stereocenters. The first-order chi connectivity index (χ1) is 7.29. The Morgan fingerprint density at radius 1 is 1.53 bits per heavy atom. The zero-order chi connectivity index (χ0) is 10.7. The molecule has 5 nitrogen and oxygen atoms in total. The number of carbonyl (C=O) groups excluding carboxylic acids is 1. The number of aliphatic hydroxyl groups is 1. The summed E-state index contributed by atoms with van der Waals surface area (Å²) in [6, 6.07) is 0. The number of nitrogens with zero attached hydrogens (tertiary/aromatic N) is 1. The molecule has 86 valence electrons. The lowest BCUT2D eigenvalue weighted by Gasteiger charge is -2.32. The van der Waals surface area contributed by atoms with Gasteiger partial charge in [-0.3, -0.25) is 0 Å². The average Bonchev–Trinajstić information content (AvgIpc) is 2.74. The fraction of sp³-hybridized carbons (Fsp3) is 0.900. The van der Waals surface area contributed by atoms with E-state index < -0.39 is 0 Å². The average molecular weight is 215 g/mol. The molecule has 2 fully saturated rings. The van der Waals surface area contributed by atoms with Crippen molar-refractivity contribution in [1.29, 1.82) is 0 Å². The standard InChI is InChI=1S/C10H17NO4/c12-6-8-4-11(10(13)15-7-8)5-9-2-1-3-14-9/h8-9,12H,1-7H2. The number of rotatable bonds is 3. The quantitative estimate of drug-likeness (QED) is 0.732. The number of hydrogen-bond acceptors (Lipinski definition) is 4. The molecule has 2 aliphatic rings. The predicted molar refractivity (Wildman–Crippen MR) is 52.5 cm³/mol. The van der Waals surface area contributed by atoms with Gasteiger partial charge in [0, 0.05) is 19.1 Å². The highest BCUT2D eigenvalue weighted by atomic mass is 16.6. The van der Waals surface area contributed by atoms with Crippen LogP contribution >= 0.6 is 0 Å². The lowest BCUT2D eigenvalue weighted by Crippen LogP contribution is -2.47. The van der Waals surface area contributed by atoms with Crippen LogP contribution in [0.15, 0.2) is 0 Å². The van der Waals surface area contributed by atoms with Gasteiger partial charge in [0.05, 0.1) is 25.9 Å². The van der Waals surface area contributed by atoms with Crippen LogP contribution in [-0.2, 0) is 9.47 Å². The Morgan fingerprint density at radius 2 is 2.40 bits per heavy atom. The van der Waals surface area contributed by atoms with Crippen molar-refractivity contribution in [3.8, 4) is 0 Å². The van der Waals surface area contributed by atoms with Gasteiger partial charge in [0.2, 0.25) is 0 Å². The van der Waals surface area contributed by atoms with Gasteiger partial charge in [-0.25, -0.2) is 4.79 Å². The molecule has 5 heteroatoms. The first-order valence-corrected chi connectivity index (χ1v) is 5.43. The molecule has 0 aromatic carbocycles. The number of cyclic esters (lactones) is 1. The summed E-state index contributed by atoms with van der Waals surface area (Å²) >= 11 is 0. The second-order valence-electron chi connectivity index (χ2n) is 4.17. The summed E-state index contributed by atoms with van der Waals surface area (Å²) in [5.74, 6) is 0.0455. The van der Waals surface area contributed by atoms with Crippen LogP contribution in [0.5, 0.6) is 0 Å². The fourth-order valence-electron chi connectivity index (χ4n) is 2.01. The smallest absolute Gasteiger partial charge is 0.409 e. The summed E-state index contributed by atoms with van der Waals surface area (Å²) < 4.78 is 10.4. The zero-order valence-corrected chi connectivity index (χ0v) is 8.72. The number of ether oxygens (including phenoxy) is 2. The molecule has 0 saturated carbocycles. The predicted octanol–water partition coefficient (Wildman–Crippen LogP) is 0.226. The summed E-state index contributed by atoms with van der Waals surface area (Å²) in [5, 5.41) is 9.01. The minimum absolute atomic E-state index is 0.0455. The molecule has 2 rings (SSSR count). The van der Waals surface area contributed by atoms with Crippen LogP contribution in [0.3, 0.4) is 0 Å². The molecule has 2 atom stereocenters. The zero-order valence-electron chi connectivity index (χ0n) is 8.72. The van der Waals surface area contributed by atoms with Gasteiger partial charge in [-0.15, -0.1) is 0 Å². The van der Waals surface area contributed by atoms with Crippen LogP contribution in [0.4, 0.5) is 4.79 Å². The van der Waals surface area contributed by atoms with E-state index in [9.17, 15) is 4.79 Å². The Bertz CT molecular complexity index is 227. The van der Waals surface area contributed by atoms with E-state index in [1.54, 1.807) is 4.90 Å². The number of aliphatic hydroxyl groups excluding tert-OH is 1. The first kappa shape index (κ1) is 10.7. The van der Waals surface area contributed by atoms with E-state index >= 15 is 0 Å². The molecule has 2 aliphatic heterocycles. The molecule has 0 aromatic heterocycles. The van der Waals surface area contributed by atoms with Crippen molar-refractivity contribution in [2.45, 2.75) is 18.9 Å². The normalized spacial score (nSPS) is 31.8. The van der Waals surface area contributed by atoms with E-state index in [0.717, 1.165) is 19.4 Å². The van der Waals surface area contributed by atoms with Gasteiger partial charge in [-0.05, 0) is 12.8 Å². The van der Waals surface area contributed by atoms with Crippen molar-refractivity contribution >= 4 is 6.09 Å². The molecule has 15 heavy (non-hydrogen) atoms. The topological polar surface area (TPSA) is 59.0 Å². The van der Waals surface area contributed by atoms with Gasteiger partial charge in [0.15, 0.2) is 0 Å². The Kier molecular flexibility index (Phi) is 3.43. The number of hydrogen-bond donors (Lipinski definition) is 1. The van der Waals surface area contributed by atoms with Crippen molar-refractivity contribution in [1.82, 2.24) is 4.90 Å². The van der Waals surface area contributed by atoms with Gasteiger partial charge < -0.3 is 19.5 Å². The third kappa shape index (κ3) is 2.60. The molecule has 0 aliphatic carbocycles. The van der Waals surface area contributed by atoms with Crippen molar-refractivity contribution in [3.63, 3.8) is 0 Å². The molecular formula is C10H17NO4. The molecule has 1 N–H and O–H groups in total. The van der Waals surface area contributed by atoms with E-state index in [2.05, 4.69) is 0 Å². The second-order valence-corrected chi connectivity index (χ2v) is 4.17. The SMILES string of the molecule is O=C1OCC(CO)CN1CC1CCCO1. The highest BCUT2D eigenvalue weighted by molar-refractivity contribution is 5.68. The van der Waals surface area contributed by atoms with Crippen molar-refractivity contribution in [2.24, 2.45) is 5.92 Å². The van der Waals surface area contributed by atoms with Gasteiger partial charge in [0.1, 0.15) is 0 Å². The Labute approximate surface area is 89.0 Å². The molecule has 2 saturated heterocycles.